The molecule has 1 amide bonds. The van der Waals surface area contributed by atoms with Gasteiger partial charge in [0.05, 0.1) is 20.6 Å². The number of methoxy groups -OCH3 is 2. The molecule has 1 aliphatic heterocycles. The van der Waals surface area contributed by atoms with Crippen LogP contribution < -0.4 is 9.47 Å². The van der Waals surface area contributed by atoms with E-state index in [1.165, 1.54) is 0 Å². The van der Waals surface area contributed by atoms with Gasteiger partial charge >= 0.3 is 0 Å². The molecule has 1 heterocycles. The van der Waals surface area contributed by atoms with Gasteiger partial charge in [-0.2, -0.15) is 0 Å². The van der Waals surface area contributed by atoms with Crippen molar-refractivity contribution in [1.29, 1.82) is 0 Å². The van der Waals surface area contributed by atoms with Crippen molar-refractivity contribution in [2.75, 3.05) is 40.9 Å². The minimum Gasteiger partial charge on any atom is -0.493 e. The fraction of sp³-hybridized carbons (Fsp3) is 0.611. The highest BCUT2D eigenvalue weighted by Gasteiger charge is 2.24. The molecule has 23 heavy (non-hydrogen) atoms. The summed E-state index contributed by atoms with van der Waals surface area (Å²) in [6, 6.07) is 6.00. The normalized spacial score (nSPS) is 16.2. The summed E-state index contributed by atoms with van der Waals surface area (Å²) in [5.41, 5.74) is 0.950. The molecule has 5 heteroatoms. The summed E-state index contributed by atoms with van der Waals surface area (Å²) in [6.07, 6.45) is 2.51. The van der Waals surface area contributed by atoms with Gasteiger partial charge in [0.1, 0.15) is 0 Å². The van der Waals surface area contributed by atoms with Gasteiger partial charge in [-0.3, -0.25) is 4.79 Å². The van der Waals surface area contributed by atoms with Crippen molar-refractivity contribution in [2.45, 2.75) is 32.2 Å². The fourth-order valence-corrected chi connectivity index (χ4v) is 3.12. The number of benzene rings is 1. The van der Waals surface area contributed by atoms with Crippen molar-refractivity contribution < 1.29 is 14.3 Å². The first-order valence-electron chi connectivity index (χ1n) is 8.28. The summed E-state index contributed by atoms with van der Waals surface area (Å²) in [6.45, 7) is 5.44. The van der Waals surface area contributed by atoms with E-state index in [9.17, 15) is 4.79 Å². The van der Waals surface area contributed by atoms with Gasteiger partial charge in [-0.15, -0.1) is 0 Å². The van der Waals surface area contributed by atoms with E-state index >= 15 is 0 Å². The van der Waals surface area contributed by atoms with Crippen LogP contribution in [0.4, 0.5) is 0 Å². The maximum absolute atomic E-state index is 12.6. The van der Waals surface area contributed by atoms with E-state index in [0.29, 0.717) is 24.0 Å². The molecule has 1 aliphatic rings. The predicted molar refractivity (Wildman–Crippen MR) is 91.2 cm³/mol. The van der Waals surface area contributed by atoms with E-state index < -0.39 is 0 Å². The third kappa shape index (κ3) is 4.38. The first kappa shape index (κ1) is 17.6. The van der Waals surface area contributed by atoms with Crippen molar-refractivity contribution in [3.63, 3.8) is 0 Å². The maximum Gasteiger partial charge on any atom is 0.226 e. The number of carbonyl (C=O) groups excluding carboxylic acids is 1. The number of likely N-dealkylation sites (tertiary alicyclic amines) is 1. The smallest absolute Gasteiger partial charge is 0.226 e. The predicted octanol–water partition coefficient (Wildman–Crippen LogP) is 2.19. The first-order chi connectivity index (χ1) is 11.1. The number of nitrogens with zero attached hydrogens (tertiary/aromatic N) is 2. The lowest BCUT2D eigenvalue weighted by molar-refractivity contribution is -0.132. The Bertz CT molecular complexity index is 525. The summed E-state index contributed by atoms with van der Waals surface area (Å²) in [5, 5.41) is 0. The maximum atomic E-state index is 12.6. The fourth-order valence-electron chi connectivity index (χ4n) is 3.12. The molecule has 1 aromatic carbocycles. The van der Waals surface area contributed by atoms with Crippen LogP contribution in [0, 0.1) is 0 Å². The Labute approximate surface area is 139 Å². The number of rotatable bonds is 6. The number of carbonyl (C=O) groups is 1. The zero-order valence-electron chi connectivity index (χ0n) is 14.7. The molecule has 0 spiro atoms. The Balaban J connectivity index is 1.96. The van der Waals surface area contributed by atoms with Crippen LogP contribution in [-0.4, -0.2) is 62.7 Å². The molecular formula is C18H28N2O3. The highest BCUT2D eigenvalue weighted by molar-refractivity contribution is 5.79. The van der Waals surface area contributed by atoms with Crippen molar-refractivity contribution >= 4 is 5.91 Å². The number of ether oxygens (including phenoxy) is 2. The number of hydrogen-bond acceptors (Lipinski definition) is 4. The van der Waals surface area contributed by atoms with Crippen molar-refractivity contribution in [3.8, 4) is 11.5 Å². The number of likely N-dealkylation sites (N-methyl/N-ethyl adjacent to an activating group) is 1. The molecule has 5 nitrogen and oxygen atoms in total. The van der Waals surface area contributed by atoms with Crippen LogP contribution in [0.5, 0.6) is 11.5 Å². The van der Waals surface area contributed by atoms with Gasteiger partial charge in [0.2, 0.25) is 5.91 Å². The number of amides is 1. The summed E-state index contributed by atoms with van der Waals surface area (Å²) in [7, 11) is 5.14. The topological polar surface area (TPSA) is 42.0 Å². The Hall–Kier alpha value is -1.75. The van der Waals surface area contributed by atoms with Crippen LogP contribution in [0.2, 0.25) is 0 Å². The second kappa shape index (κ2) is 8.20. The molecule has 0 unspecified atom stereocenters. The molecule has 0 bridgehead atoms. The summed E-state index contributed by atoms with van der Waals surface area (Å²) in [5.74, 6) is 1.51. The second-order valence-corrected chi connectivity index (χ2v) is 6.04. The van der Waals surface area contributed by atoms with E-state index in [4.69, 9.17) is 9.47 Å². The number of piperidine rings is 1. The molecular weight excluding hydrogens is 292 g/mol. The molecule has 1 aromatic rings. The average molecular weight is 320 g/mol. The third-order valence-electron chi connectivity index (χ3n) is 4.75. The molecule has 0 N–H and O–H groups in total. The monoisotopic (exact) mass is 320 g/mol. The van der Waals surface area contributed by atoms with Crippen molar-refractivity contribution in [3.05, 3.63) is 23.8 Å². The van der Waals surface area contributed by atoms with Crippen LogP contribution in [-0.2, 0) is 11.2 Å². The largest absolute Gasteiger partial charge is 0.493 e. The minimum absolute atomic E-state index is 0.159. The van der Waals surface area contributed by atoms with Crippen molar-refractivity contribution in [2.24, 2.45) is 0 Å². The molecule has 1 saturated heterocycles. The molecule has 0 atom stereocenters. The Morgan fingerprint density at radius 2 is 1.87 bits per heavy atom. The van der Waals surface area contributed by atoms with Gasteiger partial charge in [0, 0.05) is 26.2 Å². The highest BCUT2D eigenvalue weighted by Crippen LogP contribution is 2.28. The summed E-state index contributed by atoms with van der Waals surface area (Å²) < 4.78 is 10.5. The van der Waals surface area contributed by atoms with Crippen molar-refractivity contribution in [1.82, 2.24) is 9.80 Å². The summed E-state index contributed by atoms with van der Waals surface area (Å²) >= 11 is 0. The zero-order valence-corrected chi connectivity index (χ0v) is 14.7. The molecule has 0 saturated carbocycles. The Morgan fingerprint density at radius 1 is 1.22 bits per heavy atom. The second-order valence-electron chi connectivity index (χ2n) is 6.04. The SMILES string of the molecule is CCN1CCC(N(C)C(=O)Cc2ccc(OC)c(OC)c2)CC1. The van der Waals surface area contributed by atoms with Gasteiger partial charge < -0.3 is 19.3 Å². The highest BCUT2D eigenvalue weighted by atomic mass is 16.5. The third-order valence-corrected chi connectivity index (χ3v) is 4.75. The molecule has 128 valence electrons. The van der Waals surface area contributed by atoms with Crippen LogP contribution in [0.1, 0.15) is 25.3 Å². The molecule has 0 aliphatic carbocycles. The van der Waals surface area contributed by atoms with Gasteiger partial charge in [0.25, 0.3) is 0 Å². The van der Waals surface area contributed by atoms with Gasteiger partial charge in [-0.25, -0.2) is 0 Å². The summed E-state index contributed by atoms with van der Waals surface area (Å²) in [4.78, 5) is 16.9. The van der Waals surface area contributed by atoms with E-state index in [0.717, 1.165) is 38.0 Å². The zero-order chi connectivity index (χ0) is 16.8. The van der Waals surface area contributed by atoms with Crippen LogP contribution >= 0.6 is 0 Å². The lowest BCUT2D eigenvalue weighted by Gasteiger charge is -2.36. The van der Waals surface area contributed by atoms with Crippen LogP contribution in [0.3, 0.4) is 0 Å². The average Bonchev–Trinajstić information content (AvgIpc) is 2.60. The first-order valence-corrected chi connectivity index (χ1v) is 8.28. The quantitative estimate of drug-likeness (QED) is 0.806. The lowest BCUT2D eigenvalue weighted by Crippen LogP contribution is -2.45. The number of hydrogen-bond donors (Lipinski definition) is 0. The Kier molecular flexibility index (Phi) is 6.28. The minimum atomic E-state index is 0.159. The molecule has 2 rings (SSSR count). The van der Waals surface area contributed by atoms with Gasteiger partial charge in [-0.1, -0.05) is 13.0 Å². The van der Waals surface area contributed by atoms with E-state index in [1.807, 2.05) is 30.1 Å². The molecule has 0 aromatic heterocycles. The standard InChI is InChI=1S/C18H28N2O3/c1-5-20-10-8-15(9-11-20)19(2)18(21)13-14-6-7-16(22-3)17(12-14)23-4/h6-7,12,15H,5,8-11,13H2,1-4H3. The van der Waals surface area contributed by atoms with Crippen LogP contribution in [0.15, 0.2) is 18.2 Å². The molecule has 1 fully saturated rings. The lowest BCUT2D eigenvalue weighted by atomic mass is 10.0. The van der Waals surface area contributed by atoms with Gasteiger partial charge in [-0.05, 0) is 37.1 Å². The van der Waals surface area contributed by atoms with E-state index in [-0.39, 0.29) is 5.91 Å². The molecule has 0 radical (unpaired) electrons. The van der Waals surface area contributed by atoms with E-state index in [1.54, 1.807) is 14.2 Å². The Morgan fingerprint density at radius 3 is 2.43 bits per heavy atom. The van der Waals surface area contributed by atoms with Crippen LogP contribution in [0.25, 0.3) is 0 Å². The van der Waals surface area contributed by atoms with Gasteiger partial charge in [0.15, 0.2) is 11.5 Å². The van der Waals surface area contributed by atoms with E-state index in [2.05, 4.69) is 11.8 Å².